The Morgan fingerprint density at radius 3 is 2.96 bits per heavy atom. The summed E-state index contributed by atoms with van der Waals surface area (Å²) < 4.78 is 5.04. The molecule has 0 aliphatic carbocycles. The molecule has 0 amide bonds. The Kier molecular flexibility index (Phi) is 4.57. The molecular formula is C18H25N3O2. The fraction of sp³-hybridized carbons (Fsp3) is 0.500. The molecule has 3 rings (SSSR count). The van der Waals surface area contributed by atoms with Crippen LogP contribution < -0.4 is 5.32 Å². The van der Waals surface area contributed by atoms with Crippen molar-refractivity contribution in [2.45, 2.75) is 39.3 Å². The van der Waals surface area contributed by atoms with Gasteiger partial charge in [-0.25, -0.2) is 4.79 Å². The Balaban J connectivity index is 1.72. The molecule has 1 aromatic carbocycles. The van der Waals surface area contributed by atoms with Crippen molar-refractivity contribution in [1.29, 1.82) is 0 Å². The van der Waals surface area contributed by atoms with Crippen LogP contribution in [-0.4, -0.2) is 47.6 Å². The minimum absolute atomic E-state index is 0.304. The predicted molar refractivity (Wildman–Crippen MR) is 93.0 cm³/mol. The van der Waals surface area contributed by atoms with Crippen LogP contribution in [0.1, 0.15) is 37.7 Å². The standard InChI is InChI=1S/C18H25N3O2/c1-4-23-18(22)17-10-13-9-14(5-6-16(13)20-17)19-15-7-8-21(11-15)12(2)3/h5-6,9-10,12,15,19-20H,4,7-8,11H2,1-3H3. The number of nitrogens with one attached hydrogen (secondary N) is 2. The molecule has 5 nitrogen and oxygen atoms in total. The monoisotopic (exact) mass is 315 g/mol. The molecule has 2 aromatic rings. The largest absolute Gasteiger partial charge is 0.461 e. The molecule has 1 aromatic heterocycles. The molecule has 0 bridgehead atoms. The number of hydrogen-bond acceptors (Lipinski definition) is 4. The van der Waals surface area contributed by atoms with Gasteiger partial charge in [0.05, 0.1) is 6.61 Å². The molecule has 0 spiro atoms. The first-order valence-electron chi connectivity index (χ1n) is 8.37. The number of hydrogen-bond donors (Lipinski definition) is 2. The van der Waals surface area contributed by atoms with Gasteiger partial charge in [-0.1, -0.05) is 0 Å². The number of aromatic amines is 1. The number of rotatable bonds is 5. The zero-order valence-electron chi connectivity index (χ0n) is 14.1. The Hall–Kier alpha value is -2.01. The third kappa shape index (κ3) is 3.50. The Morgan fingerprint density at radius 1 is 1.43 bits per heavy atom. The summed E-state index contributed by atoms with van der Waals surface area (Å²) in [5.74, 6) is -0.304. The molecule has 23 heavy (non-hydrogen) atoms. The highest BCUT2D eigenvalue weighted by molar-refractivity contribution is 5.95. The predicted octanol–water partition coefficient (Wildman–Crippen LogP) is 3.24. The average molecular weight is 315 g/mol. The summed E-state index contributed by atoms with van der Waals surface area (Å²) in [6.45, 7) is 8.90. The average Bonchev–Trinajstić information content (AvgIpc) is 3.13. The van der Waals surface area contributed by atoms with Gasteiger partial charge in [-0.05, 0) is 51.5 Å². The molecule has 124 valence electrons. The van der Waals surface area contributed by atoms with E-state index in [2.05, 4.69) is 41.2 Å². The fourth-order valence-electron chi connectivity index (χ4n) is 3.15. The van der Waals surface area contributed by atoms with Crippen LogP contribution in [0.4, 0.5) is 5.69 Å². The zero-order chi connectivity index (χ0) is 16.4. The fourth-order valence-corrected chi connectivity index (χ4v) is 3.15. The van der Waals surface area contributed by atoms with E-state index in [0.717, 1.165) is 36.1 Å². The molecular weight excluding hydrogens is 290 g/mol. The van der Waals surface area contributed by atoms with Crippen LogP contribution in [-0.2, 0) is 4.74 Å². The second-order valence-corrected chi connectivity index (χ2v) is 6.42. The first-order chi connectivity index (χ1) is 11.1. The Bertz CT molecular complexity index is 693. The van der Waals surface area contributed by atoms with E-state index in [1.165, 1.54) is 0 Å². The lowest BCUT2D eigenvalue weighted by atomic mass is 10.2. The lowest BCUT2D eigenvalue weighted by Crippen LogP contribution is -2.31. The van der Waals surface area contributed by atoms with E-state index in [9.17, 15) is 4.79 Å². The molecule has 1 aliphatic rings. The van der Waals surface area contributed by atoms with Crippen LogP contribution in [0.2, 0.25) is 0 Å². The van der Waals surface area contributed by atoms with E-state index in [0.29, 0.717) is 24.4 Å². The number of benzene rings is 1. The number of ether oxygens (including phenoxy) is 1. The number of nitrogens with zero attached hydrogens (tertiary/aromatic N) is 1. The van der Waals surface area contributed by atoms with Gasteiger partial charge in [-0.15, -0.1) is 0 Å². The van der Waals surface area contributed by atoms with Crippen molar-refractivity contribution >= 4 is 22.6 Å². The smallest absolute Gasteiger partial charge is 0.354 e. The van der Waals surface area contributed by atoms with Crippen LogP contribution >= 0.6 is 0 Å². The number of aromatic nitrogens is 1. The number of H-pyrrole nitrogens is 1. The second kappa shape index (κ2) is 6.62. The van der Waals surface area contributed by atoms with Crippen molar-refractivity contribution in [3.63, 3.8) is 0 Å². The summed E-state index contributed by atoms with van der Waals surface area (Å²) in [5, 5.41) is 4.63. The number of carbonyl (C=O) groups excluding carboxylic acids is 1. The maximum absolute atomic E-state index is 11.8. The van der Waals surface area contributed by atoms with Crippen LogP contribution in [0.3, 0.4) is 0 Å². The van der Waals surface area contributed by atoms with E-state index in [1.54, 1.807) is 0 Å². The van der Waals surface area contributed by atoms with Crippen molar-refractivity contribution < 1.29 is 9.53 Å². The van der Waals surface area contributed by atoms with Gasteiger partial charge in [0.2, 0.25) is 0 Å². The molecule has 1 unspecified atom stereocenters. The minimum atomic E-state index is -0.304. The number of esters is 1. The highest BCUT2D eigenvalue weighted by atomic mass is 16.5. The third-order valence-electron chi connectivity index (χ3n) is 4.44. The lowest BCUT2D eigenvalue weighted by molar-refractivity contribution is 0.0520. The maximum atomic E-state index is 11.8. The SMILES string of the molecule is CCOC(=O)c1cc2cc(NC3CCN(C(C)C)C3)ccc2[nH]1. The summed E-state index contributed by atoms with van der Waals surface area (Å²) in [5.41, 5.74) is 2.56. The second-order valence-electron chi connectivity index (χ2n) is 6.42. The van der Waals surface area contributed by atoms with E-state index < -0.39 is 0 Å². The van der Waals surface area contributed by atoms with Gasteiger partial charge in [-0.3, -0.25) is 4.90 Å². The van der Waals surface area contributed by atoms with Gasteiger partial charge in [0.25, 0.3) is 0 Å². The van der Waals surface area contributed by atoms with Crippen LogP contribution in [0, 0.1) is 0 Å². The van der Waals surface area contributed by atoms with Gasteiger partial charge in [0.1, 0.15) is 5.69 Å². The summed E-state index contributed by atoms with van der Waals surface area (Å²) in [7, 11) is 0. The molecule has 5 heteroatoms. The van der Waals surface area contributed by atoms with Crippen molar-refractivity contribution in [3.05, 3.63) is 30.0 Å². The summed E-state index contributed by atoms with van der Waals surface area (Å²) >= 11 is 0. The third-order valence-corrected chi connectivity index (χ3v) is 4.44. The summed E-state index contributed by atoms with van der Waals surface area (Å²) in [6, 6.07) is 9.10. The van der Waals surface area contributed by atoms with E-state index in [1.807, 2.05) is 19.1 Å². The van der Waals surface area contributed by atoms with Crippen molar-refractivity contribution in [3.8, 4) is 0 Å². The number of likely N-dealkylation sites (tertiary alicyclic amines) is 1. The molecule has 1 saturated heterocycles. The molecule has 0 radical (unpaired) electrons. The van der Waals surface area contributed by atoms with E-state index >= 15 is 0 Å². The Morgan fingerprint density at radius 2 is 2.26 bits per heavy atom. The topological polar surface area (TPSA) is 57.4 Å². The van der Waals surface area contributed by atoms with E-state index in [4.69, 9.17) is 4.74 Å². The maximum Gasteiger partial charge on any atom is 0.354 e. The molecule has 0 saturated carbocycles. The number of anilines is 1. The minimum Gasteiger partial charge on any atom is -0.461 e. The van der Waals surface area contributed by atoms with Crippen molar-refractivity contribution in [2.75, 3.05) is 25.0 Å². The normalized spacial score (nSPS) is 18.7. The summed E-state index contributed by atoms with van der Waals surface area (Å²) in [4.78, 5) is 17.4. The van der Waals surface area contributed by atoms with Crippen LogP contribution in [0.25, 0.3) is 10.9 Å². The lowest BCUT2D eigenvalue weighted by Gasteiger charge is -2.20. The molecule has 2 heterocycles. The first-order valence-corrected chi connectivity index (χ1v) is 8.37. The number of carbonyl (C=O) groups is 1. The highest BCUT2D eigenvalue weighted by Crippen LogP contribution is 2.23. The van der Waals surface area contributed by atoms with Gasteiger partial charge < -0.3 is 15.0 Å². The highest BCUT2D eigenvalue weighted by Gasteiger charge is 2.24. The van der Waals surface area contributed by atoms with Crippen LogP contribution in [0.15, 0.2) is 24.3 Å². The van der Waals surface area contributed by atoms with Gasteiger partial charge >= 0.3 is 5.97 Å². The van der Waals surface area contributed by atoms with Crippen molar-refractivity contribution in [1.82, 2.24) is 9.88 Å². The summed E-state index contributed by atoms with van der Waals surface area (Å²) in [6.07, 6.45) is 1.16. The van der Waals surface area contributed by atoms with Gasteiger partial charge in [-0.2, -0.15) is 0 Å². The van der Waals surface area contributed by atoms with E-state index in [-0.39, 0.29) is 5.97 Å². The van der Waals surface area contributed by atoms with Crippen molar-refractivity contribution in [2.24, 2.45) is 0 Å². The first kappa shape index (κ1) is 15.9. The zero-order valence-corrected chi connectivity index (χ0v) is 14.1. The van der Waals surface area contributed by atoms with Gasteiger partial charge in [0.15, 0.2) is 0 Å². The quantitative estimate of drug-likeness (QED) is 0.832. The molecule has 2 N–H and O–H groups in total. The molecule has 1 fully saturated rings. The molecule has 1 atom stereocenters. The Labute approximate surface area is 137 Å². The van der Waals surface area contributed by atoms with Gasteiger partial charge in [0, 0.05) is 41.8 Å². The molecule has 1 aliphatic heterocycles. The number of fused-ring (bicyclic) bond motifs is 1. The van der Waals surface area contributed by atoms with Crippen LogP contribution in [0.5, 0.6) is 0 Å².